The van der Waals surface area contributed by atoms with E-state index in [-0.39, 0.29) is 24.8 Å². The smallest absolute Gasteiger partial charge is 0.237 e. The Morgan fingerprint density at radius 3 is 2.50 bits per heavy atom. The van der Waals surface area contributed by atoms with Crippen molar-refractivity contribution < 1.29 is 13.9 Å². The number of ether oxygens (including phenoxy) is 1. The molecule has 0 bridgehead atoms. The van der Waals surface area contributed by atoms with Crippen molar-refractivity contribution >= 4 is 5.91 Å². The van der Waals surface area contributed by atoms with Gasteiger partial charge >= 0.3 is 0 Å². The van der Waals surface area contributed by atoms with Crippen molar-refractivity contribution in [3.63, 3.8) is 0 Å². The number of hydrogen-bond donors (Lipinski definition) is 1. The summed E-state index contributed by atoms with van der Waals surface area (Å²) in [6.45, 7) is 2.03. The second kappa shape index (κ2) is 9.80. The second-order valence-corrected chi connectivity index (χ2v) is 5.50. The van der Waals surface area contributed by atoms with Crippen molar-refractivity contribution in [1.82, 2.24) is 10.2 Å². The molecule has 0 saturated heterocycles. The van der Waals surface area contributed by atoms with Crippen molar-refractivity contribution in [2.24, 2.45) is 0 Å². The topological polar surface area (TPSA) is 41.6 Å². The van der Waals surface area contributed by atoms with Crippen LogP contribution in [0.1, 0.15) is 11.1 Å². The van der Waals surface area contributed by atoms with Crippen LogP contribution in [0.5, 0.6) is 0 Å². The zero-order valence-corrected chi connectivity index (χ0v) is 13.9. The van der Waals surface area contributed by atoms with Crippen LogP contribution in [0.15, 0.2) is 54.6 Å². The molecular formula is C19H23FN2O2. The molecule has 0 saturated carbocycles. The van der Waals surface area contributed by atoms with Crippen LogP contribution in [0.25, 0.3) is 0 Å². The maximum absolute atomic E-state index is 13.9. The van der Waals surface area contributed by atoms with E-state index in [2.05, 4.69) is 5.32 Å². The summed E-state index contributed by atoms with van der Waals surface area (Å²) >= 11 is 0. The Bertz CT molecular complexity index is 634. The molecule has 24 heavy (non-hydrogen) atoms. The second-order valence-electron chi connectivity index (χ2n) is 5.50. The van der Waals surface area contributed by atoms with E-state index in [1.54, 1.807) is 30.2 Å². The first-order chi connectivity index (χ1) is 11.7. The molecule has 0 unspecified atom stereocenters. The number of halogens is 1. The summed E-state index contributed by atoms with van der Waals surface area (Å²) in [7, 11) is 1.61. The van der Waals surface area contributed by atoms with Gasteiger partial charge in [0.15, 0.2) is 0 Å². The van der Waals surface area contributed by atoms with Crippen LogP contribution in [-0.4, -0.2) is 37.6 Å². The molecule has 1 N–H and O–H groups in total. The van der Waals surface area contributed by atoms with Crippen LogP contribution in [0.2, 0.25) is 0 Å². The lowest BCUT2D eigenvalue weighted by Crippen LogP contribution is -2.38. The van der Waals surface area contributed by atoms with Gasteiger partial charge in [-0.3, -0.25) is 4.79 Å². The summed E-state index contributed by atoms with van der Waals surface area (Å²) in [5.41, 5.74) is 1.53. The monoisotopic (exact) mass is 330 g/mol. The highest BCUT2D eigenvalue weighted by Gasteiger charge is 2.16. The Morgan fingerprint density at radius 1 is 1.08 bits per heavy atom. The van der Waals surface area contributed by atoms with Gasteiger partial charge in [0.2, 0.25) is 5.91 Å². The molecule has 0 heterocycles. The van der Waals surface area contributed by atoms with Crippen LogP contribution < -0.4 is 5.32 Å². The number of rotatable bonds is 9. The van der Waals surface area contributed by atoms with Gasteiger partial charge in [0.1, 0.15) is 5.82 Å². The largest absolute Gasteiger partial charge is 0.383 e. The van der Waals surface area contributed by atoms with Gasteiger partial charge in [-0.05, 0) is 11.6 Å². The molecule has 2 aromatic carbocycles. The maximum atomic E-state index is 13.9. The van der Waals surface area contributed by atoms with Crippen LogP contribution in [0.3, 0.4) is 0 Å². The van der Waals surface area contributed by atoms with Gasteiger partial charge < -0.3 is 15.0 Å². The standard InChI is InChI=1S/C19H23FN2O2/c1-24-12-11-21-13-19(23)22(14-16-7-3-2-4-8-16)15-17-9-5-6-10-18(17)20/h2-10,21H,11-15H2,1H3. The fraction of sp³-hybridized carbons (Fsp3) is 0.316. The quantitative estimate of drug-likeness (QED) is 0.719. The minimum absolute atomic E-state index is 0.0711. The number of methoxy groups -OCH3 is 1. The Morgan fingerprint density at radius 2 is 1.79 bits per heavy atom. The number of nitrogens with one attached hydrogen (secondary N) is 1. The zero-order valence-electron chi connectivity index (χ0n) is 13.9. The minimum atomic E-state index is -0.296. The van der Waals surface area contributed by atoms with Gasteiger partial charge in [0.25, 0.3) is 0 Å². The molecule has 0 fully saturated rings. The molecule has 2 rings (SSSR count). The van der Waals surface area contributed by atoms with Gasteiger partial charge in [0, 0.05) is 32.3 Å². The van der Waals surface area contributed by atoms with E-state index in [0.29, 0.717) is 25.3 Å². The molecule has 4 nitrogen and oxygen atoms in total. The number of hydrogen-bond acceptors (Lipinski definition) is 3. The number of carbonyl (C=O) groups is 1. The average Bonchev–Trinajstić information content (AvgIpc) is 2.61. The third-order valence-electron chi connectivity index (χ3n) is 3.65. The first-order valence-corrected chi connectivity index (χ1v) is 7.95. The summed E-state index contributed by atoms with van der Waals surface area (Å²) in [4.78, 5) is 14.2. The van der Waals surface area contributed by atoms with Crippen molar-refractivity contribution in [1.29, 1.82) is 0 Å². The Balaban J connectivity index is 2.06. The highest BCUT2D eigenvalue weighted by Crippen LogP contribution is 2.13. The molecule has 0 aliphatic carbocycles. The molecule has 0 aliphatic rings. The molecule has 0 aromatic heterocycles. The lowest BCUT2D eigenvalue weighted by Gasteiger charge is -2.23. The van der Waals surface area contributed by atoms with E-state index in [1.165, 1.54) is 6.07 Å². The lowest BCUT2D eigenvalue weighted by molar-refractivity contribution is -0.131. The van der Waals surface area contributed by atoms with Gasteiger partial charge in [-0.25, -0.2) is 4.39 Å². The normalized spacial score (nSPS) is 10.6. The van der Waals surface area contributed by atoms with Gasteiger partial charge in [-0.15, -0.1) is 0 Å². The summed E-state index contributed by atoms with van der Waals surface area (Å²) in [6.07, 6.45) is 0. The molecule has 0 aliphatic heterocycles. The first-order valence-electron chi connectivity index (χ1n) is 7.95. The highest BCUT2D eigenvalue weighted by molar-refractivity contribution is 5.78. The summed E-state index contributed by atoms with van der Waals surface area (Å²) in [6, 6.07) is 16.2. The number of benzene rings is 2. The van der Waals surface area contributed by atoms with Crippen LogP contribution in [0, 0.1) is 5.82 Å². The predicted octanol–water partition coefficient (Wildman–Crippen LogP) is 2.59. The average molecular weight is 330 g/mol. The molecule has 0 spiro atoms. The molecule has 1 amide bonds. The summed E-state index contributed by atoms with van der Waals surface area (Å²) in [5, 5.41) is 3.04. The third kappa shape index (κ3) is 5.76. The fourth-order valence-corrected chi connectivity index (χ4v) is 2.35. The van der Waals surface area contributed by atoms with Gasteiger partial charge in [0.05, 0.1) is 13.2 Å². The molecule has 2 aromatic rings. The maximum Gasteiger partial charge on any atom is 0.237 e. The molecule has 128 valence electrons. The SMILES string of the molecule is COCCNCC(=O)N(Cc1ccccc1)Cc1ccccc1F. The number of carbonyl (C=O) groups excluding carboxylic acids is 1. The Kier molecular flexibility index (Phi) is 7.39. The molecular weight excluding hydrogens is 307 g/mol. The zero-order chi connectivity index (χ0) is 17.2. The van der Waals surface area contributed by atoms with Gasteiger partial charge in [-0.1, -0.05) is 48.5 Å². The molecule has 5 heteroatoms. The van der Waals surface area contributed by atoms with Gasteiger partial charge in [-0.2, -0.15) is 0 Å². The van der Waals surface area contributed by atoms with E-state index in [1.807, 2.05) is 30.3 Å². The number of nitrogens with zero attached hydrogens (tertiary/aromatic N) is 1. The Labute approximate surface area is 142 Å². The predicted molar refractivity (Wildman–Crippen MR) is 91.8 cm³/mol. The van der Waals surface area contributed by atoms with Crippen molar-refractivity contribution in [2.75, 3.05) is 26.8 Å². The summed E-state index contributed by atoms with van der Waals surface area (Å²) < 4.78 is 18.9. The molecule has 0 radical (unpaired) electrons. The van der Waals surface area contributed by atoms with E-state index in [0.717, 1.165) is 5.56 Å². The Hall–Kier alpha value is -2.24. The van der Waals surface area contributed by atoms with Crippen LogP contribution >= 0.6 is 0 Å². The summed E-state index contributed by atoms with van der Waals surface area (Å²) in [5.74, 6) is -0.367. The third-order valence-corrected chi connectivity index (χ3v) is 3.65. The van der Waals surface area contributed by atoms with Crippen LogP contribution in [-0.2, 0) is 22.6 Å². The van der Waals surface area contributed by atoms with Crippen LogP contribution in [0.4, 0.5) is 4.39 Å². The first kappa shape index (κ1) is 18.1. The van der Waals surface area contributed by atoms with E-state index in [4.69, 9.17) is 4.74 Å². The van der Waals surface area contributed by atoms with E-state index < -0.39 is 0 Å². The van der Waals surface area contributed by atoms with Crippen molar-refractivity contribution in [2.45, 2.75) is 13.1 Å². The fourth-order valence-electron chi connectivity index (χ4n) is 2.35. The van der Waals surface area contributed by atoms with Crippen molar-refractivity contribution in [3.05, 3.63) is 71.5 Å². The van der Waals surface area contributed by atoms with Crippen molar-refractivity contribution in [3.8, 4) is 0 Å². The highest BCUT2D eigenvalue weighted by atomic mass is 19.1. The lowest BCUT2D eigenvalue weighted by atomic mass is 10.1. The number of amides is 1. The van der Waals surface area contributed by atoms with E-state index in [9.17, 15) is 9.18 Å². The minimum Gasteiger partial charge on any atom is -0.383 e. The molecule has 0 atom stereocenters. The van der Waals surface area contributed by atoms with E-state index >= 15 is 0 Å².